The number of aromatic nitrogens is 7. The maximum atomic E-state index is 11.5. The molecule has 142 valence electrons. The van der Waals surface area contributed by atoms with Crippen LogP contribution in [0.4, 0.5) is 0 Å². The van der Waals surface area contributed by atoms with Gasteiger partial charge >= 0.3 is 0 Å². The summed E-state index contributed by atoms with van der Waals surface area (Å²) >= 11 is 3.52. The number of carbonyl (C=O) groups is 1. The topological polar surface area (TPSA) is 117 Å². The van der Waals surface area contributed by atoms with Crippen LogP contribution in [0.3, 0.4) is 0 Å². The summed E-state index contributed by atoms with van der Waals surface area (Å²) in [7, 11) is 0. The molecular formula is C18H17BrN8O. The van der Waals surface area contributed by atoms with Crippen molar-refractivity contribution in [2.45, 2.75) is 26.2 Å². The second-order valence-electron chi connectivity index (χ2n) is 6.21. The van der Waals surface area contributed by atoms with Crippen molar-refractivity contribution in [2.24, 2.45) is 5.73 Å². The number of hydrogen-bond acceptors (Lipinski definition) is 6. The molecule has 0 aliphatic rings. The van der Waals surface area contributed by atoms with Gasteiger partial charge in [0.05, 0.1) is 15.9 Å². The Hall–Kier alpha value is -3.14. The Labute approximate surface area is 168 Å². The van der Waals surface area contributed by atoms with Crippen LogP contribution >= 0.6 is 15.9 Å². The van der Waals surface area contributed by atoms with Gasteiger partial charge in [0.25, 0.3) is 5.91 Å². The third-order valence-corrected chi connectivity index (χ3v) is 4.92. The molecule has 4 heterocycles. The monoisotopic (exact) mass is 440 g/mol. The van der Waals surface area contributed by atoms with E-state index in [1.54, 1.807) is 23.4 Å². The van der Waals surface area contributed by atoms with Gasteiger partial charge in [0.2, 0.25) is 5.82 Å². The number of rotatable bonds is 6. The predicted molar refractivity (Wildman–Crippen MR) is 105 cm³/mol. The summed E-state index contributed by atoms with van der Waals surface area (Å²) in [6, 6.07) is 5.71. The Bertz CT molecular complexity index is 1170. The summed E-state index contributed by atoms with van der Waals surface area (Å²) in [5, 5.41) is 8.52. The van der Waals surface area contributed by atoms with E-state index in [-0.39, 0.29) is 5.82 Å². The molecule has 0 aliphatic heterocycles. The van der Waals surface area contributed by atoms with Crippen molar-refractivity contribution in [3.05, 3.63) is 64.2 Å². The molecule has 0 saturated carbocycles. The average molecular weight is 441 g/mol. The number of primary amides is 1. The van der Waals surface area contributed by atoms with Crippen molar-refractivity contribution in [3.63, 3.8) is 0 Å². The van der Waals surface area contributed by atoms with Gasteiger partial charge in [0, 0.05) is 24.4 Å². The summed E-state index contributed by atoms with van der Waals surface area (Å²) in [4.78, 5) is 24.7. The van der Waals surface area contributed by atoms with E-state index in [1.165, 1.54) is 4.52 Å². The van der Waals surface area contributed by atoms with Crippen LogP contribution in [-0.2, 0) is 12.8 Å². The lowest BCUT2D eigenvalue weighted by atomic mass is 10.1. The van der Waals surface area contributed by atoms with Gasteiger partial charge in [-0.15, -0.1) is 5.10 Å². The molecule has 28 heavy (non-hydrogen) atoms. The van der Waals surface area contributed by atoms with E-state index in [2.05, 4.69) is 48.0 Å². The number of hydrogen-bond donors (Lipinski definition) is 1. The van der Waals surface area contributed by atoms with E-state index in [9.17, 15) is 4.79 Å². The zero-order chi connectivity index (χ0) is 19.7. The molecule has 0 atom stereocenters. The molecule has 0 aliphatic carbocycles. The smallest absolute Gasteiger partial charge is 0.288 e. The van der Waals surface area contributed by atoms with E-state index in [1.807, 2.05) is 18.2 Å². The fraction of sp³-hybridized carbons (Fsp3) is 0.222. The molecule has 2 N–H and O–H groups in total. The second-order valence-corrected chi connectivity index (χ2v) is 7.06. The van der Waals surface area contributed by atoms with Crippen LogP contribution in [0.15, 0.2) is 41.4 Å². The van der Waals surface area contributed by atoms with Gasteiger partial charge in [-0.1, -0.05) is 13.3 Å². The summed E-state index contributed by atoms with van der Waals surface area (Å²) < 4.78 is 4.13. The Kier molecular flexibility index (Phi) is 4.86. The van der Waals surface area contributed by atoms with Crippen molar-refractivity contribution in [2.75, 3.05) is 0 Å². The first-order valence-electron chi connectivity index (χ1n) is 8.75. The van der Waals surface area contributed by atoms with E-state index >= 15 is 0 Å². The first-order chi connectivity index (χ1) is 13.6. The highest BCUT2D eigenvalue weighted by Crippen LogP contribution is 2.22. The lowest BCUT2D eigenvalue weighted by molar-refractivity contribution is 0.0990. The standard InChI is InChI=1S/C18H17BrN8O/c1-2-4-12-14(22-10-26-17(12)24-16(25-26)15(20)28)9-11-6-8-23-27(11)18-13(19)5-3-7-21-18/h3,5-8,10H,2,4,9H2,1H3,(H2,20,28). The summed E-state index contributed by atoms with van der Waals surface area (Å²) in [6.45, 7) is 2.08. The van der Waals surface area contributed by atoms with E-state index in [4.69, 9.17) is 5.73 Å². The molecule has 4 aromatic heterocycles. The van der Waals surface area contributed by atoms with Crippen molar-refractivity contribution in [1.29, 1.82) is 0 Å². The van der Waals surface area contributed by atoms with Crippen molar-refractivity contribution >= 4 is 27.5 Å². The Balaban J connectivity index is 1.79. The normalized spacial score (nSPS) is 11.2. The van der Waals surface area contributed by atoms with Crippen LogP contribution in [0.1, 0.15) is 40.9 Å². The molecule has 1 amide bonds. The minimum absolute atomic E-state index is 0.0150. The fourth-order valence-electron chi connectivity index (χ4n) is 3.06. The number of halogens is 1. The van der Waals surface area contributed by atoms with Crippen molar-refractivity contribution < 1.29 is 4.79 Å². The van der Waals surface area contributed by atoms with Gasteiger partial charge in [-0.05, 0) is 40.5 Å². The summed E-state index contributed by atoms with van der Waals surface area (Å²) in [5.41, 5.74) is 8.66. The predicted octanol–water partition coefficient (Wildman–Crippen LogP) is 2.11. The SMILES string of the molecule is CCCc1c(Cc2ccnn2-c2ncccc2Br)ncn2nc(C(N)=O)nc12. The van der Waals surface area contributed by atoms with E-state index < -0.39 is 5.91 Å². The molecule has 9 nitrogen and oxygen atoms in total. The van der Waals surface area contributed by atoms with E-state index in [0.717, 1.165) is 34.3 Å². The number of pyridine rings is 1. The molecule has 4 rings (SSSR count). The molecule has 0 unspecified atom stereocenters. The van der Waals surface area contributed by atoms with Crippen LogP contribution in [-0.4, -0.2) is 40.3 Å². The third-order valence-electron chi connectivity index (χ3n) is 4.30. The van der Waals surface area contributed by atoms with Crippen molar-refractivity contribution in [1.82, 2.24) is 34.3 Å². The number of nitrogens with zero attached hydrogens (tertiary/aromatic N) is 7. The van der Waals surface area contributed by atoms with Gasteiger partial charge in [0.1, 0.15) is 6.33 Å². The average Bonchev–Trinajstić information content (AvgIpc) is 3.31. The van der Waals surface area contributed by atoms with Crippen LogP contribution in [0.2, 0.25) is 0 Å². The van der Waals surface area contributed by atoms with Gasteiger partial charge in [-0.3, -0.25) is 4.79 Å². The van der Waals surface area contributed by atoms with Crippen LogP contribution in [0, 0.1) is 0 Å². The molecule has 0 spiro atoms. The van der Waals surface area contributed by atoms with E-state index in [0.29, 0.717) is 17.9 Å². The zero-order valence-corrected chi connectivity index (χ0v) is 16.7. The highest BCUT2D eigenvalue weighted by atomic mass is 79.9. The third kappa shape index (κ3) is 3.26. The minimum atomic E-state index is -0.661. The fourth-order valence-corrected chi connectivity index (χ4v) is 3.49. The molecule has 0 saturated heterocycles. The largest absolute Gasteiger partial charge is 0.363 e. The summed E-state index contributed by atoms with van der Waals surface area (Å²) in [5.74, 6) is 0.0312. The lowest BCUT2D eigenvalue weighted by Crippen LogP contribution is -2.12. The first kappa shape index (κ1) is 18.2. The van der Waals surface area contributed by atoms with Crippen LogP contribution in [0.25, 0.3) is 11.5 Å². The number of amides is 1. The maximum Gasteiger partial charge on any atom is 0.288 e. The highest BCUT2D eigenvalue weighted by Gasteiger charge is 2.18. The number of fused-ring (bicyclic) bond motifs is 1. The molecule has 10 heteroatoms. The van der Waals surface area contributed by atoms with Gasteiger partial charge in [0.15, 0.2) is 11.5 Å². The first-order valence-corrected chi connectivity index (χ1v) is 9.54. The molecule has 0 radical (unpaired) electrons. The zero-order valence-electron chi connectivity index (χ0n) is 15.1. The Morgan fingerprint density at radius 3 is 2.86 bits per heavy atom. The highest BCUT2D eigenvalue weighted by molar-refractivity contribution is 9.10. The van der Waals surface area contributed by atoms with Gasteiger partial charge in [-0.25, -0.2) is 24.1 Å². The number of carbonyl (C=O) groups excluding carboxylic acids is 1. The lowest BCUT2D eigenvalue weighted by Gasteiger charge is -2.11. The quantitative estimate of drug-likeness (QED) is 0.490. The number of nitrogens with two attached hydrogens (primary N) is 1. The van der Waals surface area contributed by atoms with Crippen LogP contribution in [0.5, 0.6) is 0 Å². The maximum absolute atomic E-state index is 11.5. The van der Waals surface area contributed by atoms with Gasteiger partial charge in [-0.2, -0.15) is 5.10 Å². The Morgan fingerprint density at radius 2 is 2.11 bits per heavy atom. The second kappa shape index (κ2) is 7.47. The molecule has 0 bridgehead atoms. The molecular weight excluding hydrogens is 424 g/mol. The minimum Gasteiger partial charge on any atom is -0.363 e. The number of aryl methyl sites for hydroxylation is 1. The van der Waals surface area contributed by atoms with Gasteiger partial charge < -0.3 is 5.73 Å². The molecule has 0 fully saturated rings. The van der Waals surface area contributed by atoms with Crippen molar-refractivity contribution in [3.8, 4) is 5.82 Å². The molecule has 0 aromatic carbocycles. The van der Waals surface area contributed by atoms with Crippen LogP contribution < -0.4 is 5.73 Å². The molecule has 4 aromatic rings. The Morgan fingerprint density at radius 1 is 1.25 bits per heavy atom. The summed E-state index contributed by atoms with van der Waals surface area (Å²) in [6.07, 6.45) is 7.20.